The lowest BCUT2D eigenvalue weighted by molar-refractivity contribution is -0.347. The molecule has 2 rings (SSSR count). The number of aliphatic hydroxyl groups is 11. The molecule has 2 heterocycles. The minimum atomic E-state index is -2.48. The Morgan fingerprint density at radius 1 is 0.957 bits per heavy atom. The number of ether oxygens (including phenoxy) is 4. The molecule has 15 atom stereocenters. The normalized spacial score (nSPS) is 35.8. The van der Waals surface area contributed by atoms with Gasteiger partial charge in [-0.3, -0.25) is 9.59 Å². The Morgan fingerprint density at radius 2 is 1.57 bits per heavy atom. The zero-order valence-corrected chi connectivity index (χ0v) is 26.1. The van der Waals surface area contributed by atoms with Crippen molar-refractivity contribution in [2.75, 3.05) is 33.9 Å². The number of likely N-dealkylation sites (N-methyl/N-ethyl adjacent to an activating group) is 1. The highest BCUT2D eigenvalue weighted by Gasteiger charge is 2.57. The van der Waals surface area contributed by atoms with E-state index in [2.05, 4.69) is 5.32 Å². The molecular weight excluding hydrogens is 624 g/mol. The molecule has 0 aromatic heterocycles. The van der Waals surface area contributed by atoms with Crippen molar-refractivity contribution in [3.8, 4) is 0 Å². The van der Waals surface area contributed by atoms with Gasteiger partial charge in [0.05, 0.1) is 38.1 Å². The average molecular weight is 675 g/mol. The molecule has 46 heavy (non-hydrogen) atoms. The van der Waals surface area contributed by atoms with Crippen LogP contribution < -0.4 is 5.32 Å². The SMILES string of the molecule is CCCC(O)[C@@H](O)[C@H](O[C@@H]1OC(CO[C@]2(C(=O)N(C)C)C[C@@H](O)[C@@H](NC(C)=O)C([C@H](O)[C@H](O)CO)O2)[C@H](O)[C@H](O)C1O)C(O)CO. The number of aliphatic hydroxyl groups excluding tert-OH is 11. The molecule has 19 heteroatoms. The van der Waals surface area contributed by atoms with Crippen molar-refractivity contribution in [1.82, 2.24) is 10.2 Å². The first kappa shape index (κ1) is 40.5. The maximum absolute atomic E-state index is 13.4. The molecule has 270 valence electrons. The summed E-state index contributed by atoms with van der Waals surface area (Å²) in [5.74, 6) is -4.08. The summed E-state index contributed by atoms with van der Waals surface area (Å²) in [5.41, 5.74) is 0. The maximum Gasteiger partial charge on any atom is 0.282 e. The van der Waals surface area contributed by atoms with Gasteiger partial charge >= 0.3 is 0 Å². The summed E-state index contributed by atoms with van der Waals surface area (Å²) in [7, 11) is 2.61. The van der Waals surface area contributed by atoms with Crippen LogP contribution >= 0.6 is 0 Å². The monoisotopic (exact) mass is 674 g/mol. The molecule has 2 aliphatic rings. The third kappa shape index (κ3) is 9.49. The fourth-order valence-corrected chi connectivity index (χ4v) is 5.34. The van der Waals surface area contributed by atoms with Gasteiger partial charge in [-0.15, -0.1) is 0 Å². The van der Waals surface area contributed by atoms with Crippen LogP contribution in [0.25, 0.3) is 0 Å². The van der Waals surface area contributed by atoms with Crippen LogP contribution in [0.2, 0.25) is 0 Å². The van der Waals surface area contributed by atoms with Crippen LogP contribution in [-0.4, -0.2) is 198 Å². The molecule has 5 unspecified atom stereocenters. The Kier molecular flexibility index (Phi) is 15.5. The zero-order chi connectivity index (χ0) is 35.1. The Balaban J connectivity index is 2.40. The van der Waals surface area contributed by atoms with E-state index in [1.807, 2.05) is 0 Å². The molecule has 2 fully saturated rings. The molecule has 0 bridgehead atoms. The number of carbonyl (C=O) groups is 2. The Bertz CT molecular complexity index is 963. The minimum Gasteiger partial charge on any atom is -0.394 e. The van der Waals surface area contributed by atoms with Gasteiger partial charge in [0.15, 0.2) is 6.29 Å². The third-order valence-electron chi connectivity index (χ3n) is 7.91. The standard InChI is InChI=1S/C27H50N2O17/c1-5-6-12(33)18(37)23(15(36)9-31)45-25-22(41)21(40)20(39)16(44-25)10-43-27(26(42)29(3)4)7-13(34)17(28-11(2)32)24(46-27)19(38)14(35)8-30/h12-25,30-31,33-41H,5-10H2,1-4H3,(H,28,32)/t12?,13-,14-,15?,16?,17-,18-,19-,20+,21+,22?,23-,24?,25+,27-/m1/s1. The second-order valence-corrected chi connectivity index (χ2v) is 11.8. The first-order valence-electron chi connectivity index (χ1n) is 14.9. The smallest absolute Gasteiger partial charge is 0.282 e. The van der Waals surface area contributed by atoms with Crippen LogP contribution in [0.15, 0.2) is 0 Å². The number of nitrogens with zero attached hydrogens (tertiary/aromatic N) is 1. The maximum atomic E-state index is 13.4. The molecule has 0 aromatic carbocycles. The second kappa shape index (κ2) is 17.7. The van der Waals surface area contributed by atoms with Gasteiger partial charge in [-0.2, -0.15) is 0 Å². The number of rotatable bonds is 16. The third-order valence-corrected chi connectivity index (χ3v) is 7.91. The van der Waals surface area contributed by atoms with Crippen LogP contribution in [0.1, 0.15) is 33.1 Å². The minimum absolute atomic E-state index is 0.0761. The molecule has 2 saturated heterocycles. The van der Waals surface area contributed by atoms with E-state index in [1.54, 1.807) is 6.92 Å². The Morgan fingerprint density at radius 3 is 2.09 bits per heavy atom. The fraction of sp³-hybridized carbons (Fsp3) is 0.926. The van der Waals surface area contributed by atoms with E-state index in [-0.39, 0.29) is 6.42 Å². The number of nitrogens with one attached hydrogen (secondary N) is 1. The predicted molar refractivity (Wildman–Crippen MR) is 151 cm³/mol. The van der Waals surface area contributed by atoms with Crippen molar-refractivity contribution in [3.63, 3.8) is 0 Å². The van der Waals surface area contributed by atoms with Crippen molar-refractivity contribution in [2.45, 2.75) is 124 Å². The number of hydrogen-bond acceptors (Lipinski definition) is 17. The summed E-state index contributed by atoms with van der Waals surface area (Å²) in [6.07, 6.45) is -23.5. The van der Waals surface area contributed by atoms with Crippen molar-refractivity contribution < 1.29 is 84.7 Å². The molecular formula is C27H50N2O17. The highest BCUT2D eigenvalue weighted by molar-refractivity contribution is 5.83. The van der Waals surface area contributed by atoms with Gasteiger partial charge in [0.1, 0.15) is 61.0 Å². The lowest BCUT2D eigenvalue weighted by Gasteiger charge is -2.49. The summed E-state index contributed by atoms with van der Waals surface area (Å²) >= 11 is 0. The molecule has 0 spiro atoms. The largest absolute Gasteiger partial charge is 0.394 e. The number of hydrogen-bond donors (Lipinski definition) is 12. The summed E-state index contributed by atoms with van der Waals surface area (Å²) in [6, 6.07) is -1.39. The topological polar surface area (TPSA) is 309 Å². The van der Waals surface area contributed by atoms with Crippen molar-refractivity contribution in [3.05, 3.63) is 0 Å². The van der Waals surface area contributed by atoms with E-state index >= 15 is 0 Å². The van der Waals surface area contributed by atoms with Gasteiger partial charge < -0.3 is 85.3 Å². The molecule has 0 saturated carbocycles. The Labute approximate surface area is 265 Å². The van der Waals surface area contributed by atoms with E-state index < -0.39 is 129 Å². The van der Waals surface area contributed by atoms with Gasteiger partial charge in [-0.25, -0.2) is 0 Å². The van der Waals surface area contributed by atoms with Crippen LogP contribution in [0, 0.1) is 0 Å². The van der Waals surface area contributed by atoms with E-state index in [9.17, 15) is 65.8 Å². The van der Waals surface area contributed by atoms with Gasteiger partial charge in [0.2, 0.25) is 5.91 Å². The van der Waals surface area contributed by atoms with Gasteiger partial charge in [-0.1, -0.05) is 13.3 Å². The van der Waals surface area contributed by atoms with Crippen LogP contribution in [0.3, 0.4) is 0 Å². The van der Waals surface area contributed by atoms with E-state index in [0.717, 1.165) is 11.8 Å². The van der Waals surface area contributed by atoms with Gasteiger partial charge in [0.25, 0.3) is 11.7 Å². The first-order valence-corrected chi connectivity index (χ1v) is 14.9. The van der Waals surface area contributed by atoms with Crippen LogP contribution in [0.5, 0.6) is 0 Å². The van der Waals surface area contributed by atoms with Gasteiger partial charge in [-0.05, 0) is 6.42 Å². The molecule has 2 amide bonds. The summed E-state index contributed by atoms with van der Waals surface area (Å²) in [4.78, 5) is 26.3. The highest BCUT2D eigenvalue weighted by atomic mass is 16.7. The molecule has 0 radical (unpaired) electrons. The van der Waals surface area contributed by atoms with Crippen LogP contribution in [-0.2, 0) is 28.5 Å². The predicted octanol–water partition coefficient (Wildman–Crippen LogP) is -6.78. The van der Waals surface area contributed by atoms with Crippen LogP contribution in [0.4, 0.5) is 0 Å². The summed E-state index contributed by atoms with van der Waals surface area (Å²) in [5, 5.41) is 116. The zero-order valence-electron chi connectivity index (χ0n) is 26.1. The summed E-state index contributed by atoms with van der Waals surface area (Å²) in [6.45, 7) is 0.0922. The average Bonchev–Trinajstić information content (AvgIpc) is 3.01. The number of amides is 2. The molecule has 0 aromatic rings. The van der Waals surface area contributed by atoms with Crippen molar-refractivity contribution >= 4 is 11.8 Å². The van der Waals surface area contributed by atoms with Crippen molar-refractivity contribution in [2.24, 2.45) is 0 Å². The summed E-state index contributed by atoms with van der Waals surface area (Å²) < 4.78 is 22.7. The van der Waals surface area contributed by atoms with E-state index in [4.69, 9.17) is 18.9 Å². The quantitative estimate of drug-likeness (QED) is 0.0724. The fourth-order valence-electron chi connectivity index (χ4n) is 5.34. The molecule has 0 aliphatic carbocycles. The Hall–Kier alpha value is -1.66. The number of carbonyl (C=O) groups excluding carboxylic acids is 2. The highest BCUT2D eigenvalue weighted by Crippen LogP contribution is 2.36. The van der Waals surface area contributed by atoms with E-state index in [0.29, 0.717) is 6.42 Å². The van der Waals surface area contributed by atoms with Gasteiger partial charge in [0, 0.05) is 27.4 Å². The van der Waals surface area contributed by atoms with E-state index in [1.165, 1.54) is 14.1 Å². The molecule has 19 nitrogen and oxygen atoms in total. The molecule has 2 aliphatic heterocycles. The van der Waals surface area contributed by atoms with Crippen molar-refractivity contribution in [1.29, 1.82) is 0 Å². The lowest BCUT2D eigenvalue weighted by Crippen LogP contribution is -2.69. The second-order valence-electron chi connectivity index (χ2n) is 11.8. The first-order chi connectivity index (χ1) is 21.5. The lowest BCUT2D eigenvalue weighted by atomic mass is 9.88. The molecule has 12 N–H and O–H groups in total.